The Hall–Kier alpha value is -1.54. The van der Waals surface area contributed by atoms with Crippen molar-refractivity contribution in [2.45, 2.75) is 231 Å². The van der Waals surface area contributed by atoms with Crippen LogP contribution in [-0.2, 0) is 18.4 Å². The lowest BCUT2D eigenvalue weighted by atomic mass is 10.0. The van der Waals surface area contributed by atoms with E-state index in [2.05, 4.69) is 67.8 Å². The zero-order chi connectivity index (χ0) is 41.8. The predicted octanol–water partition coefficient (Wildman–Crippen LogP) is 13.7. The molecule has 0 aliphatic heterocycles. The number of aliphatic hydroxyl groups excluding tert-OH is 1. The summed E-state index contributed by atoms with van der Waals surface area (Å²) >= 11 is 0. The summed E-state index contributed by atoms with van der Waals surface area (Å²) in [6, 6.07) is -0.778. The molecule has 0 aromatic rings. The number of aliphatic hydroxyl groups is 1. The van der Waals surface area contributed by atoms with Gasteiger partial charge in [0.05, 0.1) is 25.4 Å². The van der Waals surface area contributed by atoms with Crippen molar-refractivity contribution in [1.29, 1.82) is 0 Å². The highest BCUT2D eigenvalue weighted by Crippen LogP contribution is 2.43. The fourth-order valence-electron chi connectivity index (χ4n) is 6.89. The second-order valence-corrected chi connectivity index (χ2v) is 17.4. The first-order valence-electron chi connectivity index (χ1n) is 23.8. The fraction of sp³-hybridized carbons (Fsp3) is 0.812. The average Bonchev–Trinajstić information content (AvgIpc) is 3.20. The van der Waals surface area contributed by atoms with E-state index in [9.17, 15) is 19.4 Å². The van der Waals surface area contributed by atoms with Crippen molar-refractivity contribution in [2.75, 3.05) is 19.8 Å². The highest BCUT2D eigenvalue weighted by molar-refractivity contribution is 7.47. The van der Waals surface area contributed by atoms with E-state index in [1.807, 2.05) is 0 Å². The summed E-state index contributed by atoms with van der Waals surface area (Å²) in [5.74, 6) is -0.167. The highest BCUT2D eigenvalue weighted by Gasteiger charge is 2.27. The van der Waals surface area contributed by atoms with Crippen molar-refractivity contribution in [3.05, 3.63) is 48.6 Å². The van der Waals surface area contributed by atoms with Gasteiger partial charge in [0, 0.05) is 13.0 Å². The number of amides is 1. The molecule has 9 heteroatoms. The van der Waals surface area contributed by atoms with Gasteiger partial charge in [-0.1, -0.05) is 210 Å². The summed E-state index contributed by atoms with van der Waals surface area (Å²) in [6.45, 7) is 4.10. The number of hydrogen-bond acceptors (Lipinski definition) is 6. The van der Waals surface area contributed by atoms with Crippen LogP contribution in [0, 0.1) is 0 Å². The summed E-state index contributed by atoms with van der Waals surface area (Å²) < 4.78 is 22.2. The molecule has 5 N–H and O–H groups in total. The van der Waals surface area contributed by atoms with Crippen molar-refractivity contribution < 1.29 is 28.4 Å². The molecule has 3 unspecified atom stereocenters. The smallest absolute Gasteiger partial charge is 0.391 e. The number of phosphoric acid groups is 1. The van der Waals surface area contributed by atoms with E-state index >= 15 is 0 Å². The number of nitrogens with one attached hydrogen (secondary N) is 1. The molecule has 0 heterocycles. The number of hydrogen-bond donors (Lipinski definition) is 4. The maximum Gasteiger partial charge on any atom is 0.472 e. The Kier molecular flexibility index (Phi) is 42.8. The second kappa shape index (κ2) is 44.0. The number of carbonyl (C=O) groups is 1. The molecule has 1 amide bonds. The number of nitrogens with two attached hydrogens (primary N) is 1. The third kappa shape index (κ3) is 42.4. The van der Waals surface area contributed by atoms with Crippen LogP contribution >= 0.6 is 7.82 Å². The molecule has 0 radical (unpaired) electrons. The minimum Gasteiger partial charge on any atom is -0.391 e. The number of unbranched alkanes of at least 4 members (excludes halogenated alkanes) is 24. The van der Waals surface area contributed by atoms with Gasteiger partial charge in [-0.2, -0.15) is 0 Å². The molecule has 3 atom stereocenters. The first-order chi connectivity index (χ1) is 27.9. The SMILES string of the molecule is CC/C=C\C/C=C\C/C=C\C/C=C\CCCCCCCCCCCCC(=O)NC(COP(=O)(O)OCCN)C(O)CCCCCCCCCCCCCCCCC. The van der Waals surface area contributed by atoms with Crippen molar-refractivity contribution in [3.63, 3.8) is 0 Å². The number of phosphoric ester groups is 1. The van der Waals surface area contributed by atoms with Crippen LogP contribution in [0.5, 0.6) is 0 Å². The van der Waals surface area contributed by atoms with Crippen LogP contribution in [0.4, 0.5) is 0 Å². The highest BCUT2D eigenvalue weighted by atomic mass is 31.2. The normalized spacial score (nSPS) is 14.4. The van der Waals surface area contributed by atoms with Gasteiger partial charge in [0.1, 0.15) is 0 Å². The average molecular weight is 823 g/mol. The molecule has 0 aromatic heterocycles. The number of rotatable bonds is 44. The third-order valence-electron chi connectivity index (χ3n) is 10.4. The Bertz CT molecular complexity index is 1030. The fourth-order valence-corrected chi connectivity index (χ4v) is 7.65. The quantitative estimate of drug-likeness (QED) is 0.0273. The van der Waals surface area contributed by atoms with Gasteiger partial charge < -0.3 is 21.1 Å². The minimum atomic E-state index is -4.32. The summed E-state index contributed by atoms with van der Waals surface area (Å²) in [5.41, 5.74) is 5.39. The molecule has 0 rings (SSSR count). The Balaban J connectivity index is 4.08. The van der Waals surface area contributed by atoms with E-state index in [-0.39, 0.29) is 25.7 Å². The van der Waals surface area contributed by atoms with Gasteiger partial charge in [-0.15, -0.1) is 0 Å². The van der Waals surface area contributed by atoms with Crippen molar-refractivity contribution in [3.8, 4) is 0 Å². The van der Waals surface area contributed by atoms with Gasteiger partial charge in [0.15, 0.2) is 0 Å². The molecule has 0 spiro atoms. The largest absolute Gasteiger partial charge is 0.472 e. The van der Waals surface area contributed by atoms with Gasteiger partial charge in [0.2, 0.25) is 5.91 Å². The summed E-state index contributed by atoms with van der Waals surface area (Å²) in [7, 11) is -4.32. The van der Waals surface area contributed by atoms with Gasteiger partial charge in [0.25, 0.3) is 0 Å². The van der Waals surface area contributed by atoms with E-state index in [0.29, 0.717) is 12.8 Å². The van der Waals surface area contributed by atoms with Crippen LogP contribution in [0.1, 0.15) is 219 Å². The van der Waals surface area contributed by atoms with Crippen LogP contribution in [0.25, 0.3) is 0 Å². The Labute approximate surface area is 352 Å². The number of carbonyl (C=O) groups excluding carboxylic acids is 1. The second-order valence-electron chi connectivity index (χ2n) is 15.9. The van der Waals surface area contributed by atoms with E-state index in [1.165, 1.54) is 128 Å². The molecule has 0 fully saturated rings. The summed E-state index contributed by atoms with van der Waals surface area (Å²) in [4.78, 5) is 22.8. The molecule has 0 aliphatic rings. The van der Waals surface area contributed by atoms with E-state index in [1.54, 1.807) is 0 Å². The summed E-state index contributed by atoms with van der Waals surface area (Å²) in [5, 5.41) is 13.8. The molecular weight excluding hydrogens is 732 g/mol. The Morgan fingerprint density at radius 2 is 1.02 bits per heavy atom. The van der Waals surface area contributed by atoms with E-state index < -0.39 is 20.0 Å². The standard InChI is InChI=1S/C48H91N2O6P/c1-3-5-7-9-11-13-15-17-19-20-21-22-23-24-25-26-28-30-32-34-36-38-40-42-48(52)50-46(45-56-57(53,54)55-44-43-49)47(51)41-39-37-35-33-31-29-27-18-16-14-12-10-8-6-4-2/h5,7,11,13,17,19,21-22,46-47,51H,3-4,6,8-10,12,14-16,18,20,23-45,49H2,1-2H3,(H,50,52)(H,53,54)/b7-5-,13-11-,19-17-,22-21-. The van der Waals surface area contributed by atoms with Crippen LogP contribution < -0.4 is 11.1 Å². The van der Waals surface area contributed by atoms with E-state index in [4.69, 9.17) is 14.8 Å². The zero-order valence-electron chi connectivity index (χ0n) is 37.1. The first-order valence-corrected chi connectivity index (χ1v) is 25.2. The predicted molar refractivity (Wildman–Crippen MR) is 244 cm³/mol. The molecule has 334 valence electrons. The van der Waals surface area contributed by atoms with Gasteiger partial charge in [-0.05, 0) is 51.4 Å². The molecule has 8 nitrogen and oxygen atoms in total. The lowest BCUT2D eigenvalue weighted by Gasteiger charge is -2.25. The maximum absolute atomic E-state index is 12.8. The molecule has 0 aromatic carbocycles. The first kappa shape index (κ1) is 55.5. The molecule has 0 saturated heterocycles. The summed E-state index contributed by atoms with van der Waals surface area (Å²) in [6.07, 6.45) is 54.1. The molecule has 0 saturated carbocycles. The van der Waals surface area contributed by atoms with Crippen molar-refractivity contribution >= 4 is 13.7 Å². The van der Waals surface area contributed by atoms with Crippen LogP contribution in [-0.4, -0.2) is 47.8 Å². The monoisotopic (exact) mass is 823 g/mol. The minimum absolute atomic E-state index is 0.0870. The Morgan fingerprint density at radius 1 is 0.596 bits per heavy atom. The topological polar surface area (TPSA) is 131 Å². The maximum atomic E-state index is 12.8. The molecular formula is C48H91N2O6P. The van der Waals surface area contributed by atoms with Crippen LogP contribution in [0.3, 0.4) is 0 Å². The van der Waals surface area contributed by atoms with Gasteiger partial charge >= 0.3 is 7.82 Å². The van der Waals surface area contributed by atoms with Crippen LogP contribution in [0.15, 0.2) is 48.6 Å². The molecule has 57 heavy (non-hydrogen) atoms. The van der Waals surface area contributed by atoms with Crippen LogP contribution in [0.2, 0.25) is 0 Å². The number of allylic oxidation sites excluding steroid dienone is 8. The third-order valence-corrected chi connectivity index (χ3v) is 11.4. The van der Waals surface area contributed by atoms with E-state index in [0.717, 1.165) is 64.2 Å². The Morgan fingerprint density at radius 3 is 1.49 bits per heavy atom. The van der Waals surface area contributed by atoms with Crippen molar-refractivity contribution in [1.82, 2.24) is 5.32 Å². The molecule has 0 aliphatic carbocycles. The van der Waals surface area contributed by atoms with Gasteiger partial charge in [-0.25, -0.2) is 4.57 Å². The lowest BCUT2D eigenvalue weighted by molar-refractivity contribution is -0.123. The lowest BCUT2D eigenvalue weighted by Crippen LogP contribution is -2.46. The molecule has 0 bridgehead atoms. The van der Waals surface area contributed by atoms with Gasteiger partial charge in [-0.3, -0.25) is 13.8 Å². The zero-order valence-corrected chi connectivity index (χ0v) is 38.0. The van der Waals surface area contributed by atoms with Crippen molar-refractivity contribution in [2.24, 2.45) is 5.73 Å².